The second kappa shape index (κ2) is 10.8. The lowest BCUT2D eigenvalue weighted by Crippen LogP contribution is -2.23. The third-order valence-corrected chi connectivity index (χ3v) is 3.05. The molecular formula is C16H17BrN4O4. The predicted octanol–water partition coefficient (Wildman–Crippen LogP) is 1.03. The molecule has 0 radical (unpaired) electrons. The van der Waals surface area contributed by atoms with Crippen LogP contribution in [-0.4, -0.2) is 19.9 Å². The second-order valence-electron chi connectivity index (χ2n) is 4.71. The number of unbranched alkanes of at least 4 members (excludes halogenated alkanes) is 2. The molecule has 2 heterocycles. The lowest BCUT2D eigenvalue weighted by molar-refractivity contribution is 0.828. The first-order valence-corrected chi connectivity index (χ1v) is 8.29. The minimum atomic E-state index is -0.505. The number of aromatic nitrogens is 4. The molecule has 0 fully saturated rings. The molecule has 0 spiro atoms. The Morgan fingerprint density at radius 3 is 2.24 bits per heavy atom. The van der Waals surface area contributed by atoms with Crippen LogP contribution in [0.2, 0.25) is 0 Å². The quantitative estimate of drug-likeness (QED) is 0.446. The number of aromatic amines is 4. The molecule has 0 saturated carbocycles. The lowest BCUT2D eigenvalue weighted by atomic mass is 10.2. The van der Waals surface area contributed by atoms with Crippen molar-refractivity contribution in [1.82, 2.24) is 19.9 Å². The third kappa shape index (κ3) is 7.50. The number of rotatable bonds is 3. The van der Waals surface area contributed by atoms with E-state index in [0.29, 0.717) is 11.1 Å². The van der Waals surface area contributed by atoms with E-state index < -0.39 is 22.5 Å². The van der Waals surface area contributed by atoms with Crippen molar-refractivity contribution in [1.29, 1.82) is 0 Å². The number of halogens is 1. The predicted molar refractivity (Wildman–Crippen MR) is 99.7 cm³/mol. The van der Waals surface area contributed by atoms with Gasteiger partial charge in [-0.25, -0.2) is 9.59 Å². The van der Waals surface area contributed by atoms with Crippen molar-refractivity contribution < 1.29 is 0 Å². The Hall–Kier alpha value is -2.86. The Morgan fingerprint density at radius 1 is 1.04 bits per heavy atom. The molecule has 0 saturated heterocycles. The van der Waals surface area contributed by atoms with Gasteiger partial charge in [-0.15, -0.1) is 0 Å². The molecule has 0 atom stereocenters. The van der Waals surface area contributed by atoms with E-state index in [2.05, 4.69) is 54.6 Å². The van der Waals surface area contributed by atoms with E-state index in [-0.39, 0.29) is 0 Å². The van der Waals surface area contributed by atoms with Crippen molar-refractivity contribution in [2.24, 2.45) is 0 Å². The van der Waals surface area contributed by atoms with E-state index in [1.807, 2.05) is 0 Å². The Kier molecular flexibility index (Phi) is 8.74. The van der Waals surface area contributed by atoms with Crippen LogP contribution in [-0.2, 0) is 0 Å². The van der Waals surface area contributed by atoms with Crippen LogP contribution in [0.15, 0.2) is 36.6 Å². The summed E-state index contributed by atoms with van der Waals surface area (Å²) in [6, 6.07) is 0. The van der Waals surface area contributed by atoms with Crippen LogP contribution in [0.4, 0.5) is 0 Å². The number of H-pyrrole nitrogens is 4. The van der Waals surface area contributed by atoms with Crippen LogP contribution in [0, 0.1) is 11.8 Å². The minimum absolute atomic E-state index is 0.306. The van der Waals surface area contributed by atoms with Gasteiger partial charge in [0.15, 0.2) is 0 Å². The monoisotopic (exact) mass is 408 g/mol. The maximum Gasteiger partial charge on any atom is 0.325 e. The number of hydrogen-bond donors (Lipinski definition) is 4. The molecule has 2 rings (SSSR count). The first-order valence-electron chi connectivity index (χ1n) is 7.37. The highest BCUT2D eigenvalue weighted by Gasteiger charge is 1.94. The highest BCUT2D eigenvalue weighted by molar-refractivity contribution is 9.11. The van der Waals surface area contributed by atoms with Crippen LogP contribution >= 0.6 is 15.9 Å². The van der Waals surface area contributed by atoms with E-state index in [0.717, 1.165) is 19.3 Å². The van der Waals surface area contributed by atoms with Gasteiger partial charge in [-0.1, -0.05) is 41.1 Å². The van der Waals surface area contributed by atoms with Crippen LogP contribution in [0.25, 0.3) is 6.08 Å². The molecule has 0 aliphatic heterocycles. The number of hydrogen-bond acceptors (Lipinski definition) is 4. The van der Waals surface area contributed by atoms with Gasteiger partial charge in [-0.2, -0.15) is 0 Å². The van der Waals surface area contributed by atoms with Crippen molar-refractivity contribution in [2.75, 3.05) is 0 Å². The molecule has 0 aliphatic carbocycles. The van der Waals surface area contributed by atoms with E-state index in [9.17, 15) is 19.2 Å². The molecule has 2 aromatic heterocycles. The normalized spacial score (nSPS) is 9.84. The largest absolute Gasteiger partial charge is 0.325 e. The van der Waals surface area contributed by atoms with Gasteiger partial charge in [0.25, 0.3) is 11.1 Å². The standard InChI is InChI=1S/C10H12N2O2.C6H5BrN2O2/c1-2-3-4-5-6-8-7-11-10(14)12-9(8)13;7-2-1-4-3-8-6(11)9-5(4)10/h7H,2-4H2,1H3,(H2,11,12,13,14);1-3H,(H2,8,9,10,11)/b;2-1+. The summed E-state index contributed by atoms with van der Waals surface area (Å²) in [4.78, 5) is 53.6. The fourth-order valence-electron chi connectivity index (χ4n) is 1.54. The average Bonchev–Trinajstić information content (AvgIpc) is 2.57. The molecule has 25 heavy (non-hydrogen) atoms. The Bertz CT molecular complexity index is 1000. The summed E-state index contributed by atoms with van der Waals surface area (Å²) < 4.78 is 0. The van der Waals surface area contributed by atoms with Gasteiger partial charge in [-0.3, -0.25) is 19.6 Å². The first kappa shape index (κ1) is 20.2. The Labute approximate surface area is 150 Å². The molecule has 8 nitrogen and oxygen atoms in total. The zero-order valence-electron chi connectivity index (χ0n) is 13.4. The van der Waals surface area contributed by atoms with E-state index >= 15 is 0 Å². The summed E-state index contributed by atoms with van der Waals surface area (Å²) in [5, 5.41) is 0. The van der Waals surface area contributed by atoms with Crippen LogP contribution < -0.4 is 22.5 Å². The Morgan fingerprint density at radius 2 is 1.68 bits per heavy atom. The summed E-state index contributed by atoms with van der Waals surface area (Å²) in [6.07, 6.45) is 7.09. The molecule has 0 bridgehead atoms. The summed E-state index contributed by atoms with van der Waals surface area (Å²) >= 11 is 3.01. The minimum Gasteiger partial charge on any atom is -0.314 e. The van der Waals surface area contributed by atoms with Gasteiger partial charge in [0.2, 0.25) is 0 Å². The highest BCUT2D eigenvalue weighted by Crippen LogP contribution is 1.92. The van der Waals surface area contributed by atoms with Gasteiger partial charge in [-0.05, 0) is 17.5 Å². The first-order chi connectivity index (χ1) is 12.0. The van der Waals surface area contributed by atoms with Gasteiger partial charge >= 0.3 is 11.4 Å². The lowest BCUT2D eigenvalue weighted by Gasteiger charge is -1.87. The van der Waals surface area contributed by atoms with Crippen LogP contribution in [0.1, 0.15) is 37.3 Å². The molecule has 4 N–H and O–H groups in total. The molecule has 0 unspecified atom stereocenters. The van der Waals surface area contributed by atoms with Gasteiger partial charge < -0.3 is 9.97 Å². The van der Waals surface area contributed by atoms with Crippen molar-refractivity contribution in [3.63, 3.8) is 0 Å². The fourth-order valence-corrected chi connectivity index (χ4v) is 1.82. The summed E-state index contributed by atoms with van der Waals surface area (Å²) in [5.74, 6) is 5.58. The van der Waals surface area contributed by atoms with Crippen LogP contribution in [0.3, 0.4) is 0 Å². The summed E-state index contributed by atoms with van der Waals surface area (Å²) in [5.41, 5.74) is -1.12. The fraction of sp³-hybridized carbons (Fsp3) is 0.250. The van der Waals surface area contributed by atoms with Crippen molar-refractivity contribution in [3.8, 4) is 11.8 Å². The topological polar surface area (TPSA) is 131 Å². The third-order valence-electron chi connectivity index (χ3n) is 2.79. The zero-order chi connectivity index (χ0) is 18.7. The smallest absolute Gasteiger partial charge is 0.314 e. The maximum atomic E-state index is 11.1. The molecule has 132 valence electrons. The van der Waals surface area contributed by atoms with Gasteiger partial charge in [0, 0.05) is 18.8 Å². The molecule has 2 aromatic rings. The van der Waals surface area contributed by atoms with Gasteiger partial charge in [0.05, 0.1) is 5.56 Å². The number of nitrogens with one attached hydrogen (secondary N) is 4. The molecule has 0 aromatic carbocycles. The van der Waals surface area contributed by atoms with Crippen molar-refractivity contribution in [3.05, 3.63) is 70.2 Å². The zero-order valence-corrected chi connectivity index (χ0v) is 15.0. The average molecular weight is 409 g/mol. The van der Waals surface area contributed by atoms with Crippen LogP contribution in [0.5, 0.6) is 0 Å². The molecule has 9 heteroatoms. The van der Waals surface area contributed by atoms with Gasteiger partial charge in [0.1, 0.15) is 5.56 Å². The van der Waals surface area contributed by atoms with Crippen molar-refractivity contribution in [2.45, 2.75) is 26.2 Å². The Balaban J connectivity index is 0.000000257. The second-order valence-corrected chi connectivity index (χ2v) is 5.24. The SMILES string of the molecule is CCCCC#Cc1c[nH]c(=O)[nH]c1=O.O=c1[nH]cc(/C=C/Br)c(=O)[nH]1. The van der Waals surface area contributed by atoms with E-state index in [1.54, 1.807) is 0 Å². The highest BCUT2D eigenvalue weighted by atomic mass is 79.9. The van der Waals surface area contributed by atoms with E-state index in [1.165, 1.54) is 23.5 Å². The summed E-state index contributed by atoms with van der Waals surface area (Å²) in [6.45, 7) is 2.08. The molecule has 0 aliphatic rings. The molecule has 0 amide bonds. The maximum absolute atomic E-state index is 11.1. The van der Waals surface area contributed by atoms with E-state index in [4.69, 9.17) is 0 Å². The summed E-state index contributed by atoms with van der Waals surface area (Å²) in [7, 11) is 0. The molecular weight excluding hydrogens is 392 g/mol. The van der Waals surface area contributed by atoms with Crippen molar-refractivity contribution >= 4 is 22.0 Å².